The predicted molar refractivity (Wildman–Crippen MR) is 239 cm³/mol. The van der Waals surface area contributed by atoms with Crippen LogP contribution >= 0.6 is 0 Å². The maximum absolute atomic E-state index is 5.26. The van der Waals surface area contributed by atoms with Crippen LogP contribution in [-0.2, 0) is 16.2 Å². The molecular formula is C56H50N2. The highest BCUT2D eigenvalue weighted by Crippen LogP contribution is 2.65. The average Bonchev–Trinajstić information content (AvgIpc) is 3.93. The second kappa shape index (κ2) is 12.6. The Hall–Kier alpha value is -5.73. The van der Waals surface area contributed by atoms with Crippen LogP contribution in [0, 0.1) is 11.8 Å². The highest BCUT2D eigenvalue weighted by molar-refractivity contribution is 6.10. The van der Waals surface area contributed by atoms with Gasteiger partial charge in [-0.3, -0.25) is 4.99 Å². The number of fused-ring (bicyclic) bond motifs is 9. The van der Waals surface area contributed by atoms with Crippen LogP contribution in [0.3, 0.4) is 0 Å². The maximum Gasteiger partial charge on any atom is 0.145 e. The van der Waals surface area contributed by atoms with E-state index in [2.05, 4.69) is 183 Å². The number of nitrogens with one attached hydrogen (secondary N) is 1. The van der Waals surface area contributed by atoms with Gasteiger partial charge >= 0.3 is 0 Å². The summed E-state index contributed by atoms with van der Waals surface area (Å²) in [5, 5.41) is 3.83. The maximum atomic E-state index is 5.26. The number of hydrogen-bond acceptors (Lipinski definition) is 2. The molecule has 0 saturated heterocycles. The number of rotatable bonds is 5. The molecule has 58 heavy (non-hydrogen) atoms. The third kappa shape index (κ3) is 5.06. The quantitative estimate of drug-likeness (QED) is 0.190. The fourth-order valence-corrected chi connectivity index (χ4v) is 12.2. The number of aliphatic imine (C=N–C) groups is 1. The summed E-state index contributed by atoms with van der Waals surface area (Å²) >= 11 is 0. The topological polar surface area (TPSA) is 24.4 Å². The molecule has 2 heteroatoms. The molecule has 12 rings (SSSR count). The van der Waals surface area contributed by atoms with E-state index in [1.54, 1.807) is 16.7 Å². The van der Waals surface area contributed by atoms with Crippen molar-refractivity contribution < 1.29 is 0 Å². The van der Waals surface area contributed by atoms with E-state index in [0.717, 1.165) is 23.4 Å². The summed E-state index contributed by atoms with van der Waals surface area (Å²) in [5.41, 5.74) is 19.3. The lowest BCUT2D eigenvalue weighted by atomic mass is 9.62. The lowest BCUT2D eigenvalue weighted by molar-refractivity contribution is 0.232. The normalized spacial score (nSPS) is 27.7. The Bertz CT molecular complexity index is 2680. The Balaban J connectivity index is 0.865. The summed E-state index contributed by atoms with van der Waals surface area (Å²) in [4.78, 5) is 5.26. The van der Waals surface area contributed by atoms with Crippen LogP contribution in [0.4, 0.5) is 0 Å². The molecule has 284 valence electrons. The van der Waals surface area contributed by atoms with E-state index < -0.39 is 0 Å². The zero-order valence-corrected chi connectivity index (χ0v) is 33.6. The van der Waals surface area contributed by atoms with Crippen LogP contribution in [0.1, 0.15) is 103 Å². The van der Waals surface area contributed by atoms with Crippen molar-refractivity contribution in [2.75, 3.05) is 0 Å². The Morgan fingerprint density at radius 1 is 0.672 bits per heavy atom. The van der Waals surface area contributed by atoms with Gasteiger partial charge in [0.1, 0.15) is 6.17 Å². The number of benzene rings is 5. The van der Waals surface area contributed by atoms with Gasteiger partial charge in [0, 0.05) is 27.9 Å². The molecule has 0 bridgehead atoms. The number of allylic oxidation sites excluding steroid dienone is 8. The van der Waals surface area contributed by atoms with Gasteiger partial charge in [0.2, 0.25) is 0 Å². The molecule has 7 aliphatic rings. The Kier molecular flexibility index (Phi) is 7.48. The number of hydrogen-bond donors (Lipinski definition) is 1. The predicted octanol–water partition coefficient (Wildman–Crippen LogP) is 13.0. The molecule has 2 saturated carbocycles. The van der Waals surface area contributed by atoms with E-state index in [4.69, 9.17) is 4.99 Å². The Morgan fingerprint density at radius 3 is 2.19 bits per heavy atom. The summed E-state index contributed by atoms with van der Waals surface area (Å²) < 4.78 is 0. The van der Waals surface area contributed by atoms with Crippen LogP contribution in [0.5, 0.6) is 0 Å². The second-order valence-electron chi connectivity index (χ2n) is 18.7. The van der Waals surface area contributed by atoms with Crippen molar-refractivity contribution in [3.8, 4) is 11.1 Å². The van der Waals surface area contributed by atoms with Gasteiger partial charge in [-0.25, -0.2) is 0 Å². The van der Waals surface area contributed by atoms with Crippen molar-refractivity contribution in [3.63, 3.8) is 0 Å². The van der Waals surface area contributed by atoms with E-state index in [1.165, 1.54) is 76.6 Å². The van der Waals surface area contributed by atoms with Gasteiger partial charge in [-0.15, -0.1) is 0 Å². The van der Waals surface area contributed by atoms with Gasteiger partial charge in [-0.1, -0.05) is 185 Å². The molecule has 2 nitrogen and oxygen atoms in total. The zero-order valence-electron chi connectivity index (χ0n) is 33.6. The molecule has 5 unspecified atom stereocenters. The summed E-state index contributed by atoms with van der Waals surface area (Å²) in [6.45, 7) is 4.95. The van der Waals surface area contributed by atoms with E-state index in [0.29, 0.717) is 23.2 Å². The zero-order chi connectivity index (χ0) is 38.6. The molecule has 5 atom stereocenters. The summed E-state index contributed by atoms with van der Waals surface area (Å²) in [6, 6.07) is 47.2. The third-order valence-corrected chi connectivity index (χ3v) is 15.4. The van der Waals surface area contributed by atoms with Crippen LogP contribution in [0.25, 0.3) is 16.7 Å². The molecule has 5 aromatic carbocycles. The first-order valence-electron chi connectivity index (χ1n) is 21.8. The van der Waals surface area contributed by atoms with Crippen molar-refractivity contribution in [3.05, 3.63) is 220 Å². The van der Waals surface area contributed by atoms with Gasteiger partial charge in [0.25, 0.3) is 0 Å². The lowest BCUT2D eigenvalue weighted by Crippen LogP contribution is -2.35. The van der Waals surface area contributed by atoms with Gasteiger partial charge in [0.05, 0.1) is 5.71 Å². The molecule has 1 N–H and O–H groups in total. The van der Waals surface area contributed by atoms with Gasteiger partial charge in [-0.05, 0) is 110 Å². The standard InChI is InChI=1S/C56H50N2/c1-54(2)47-25-24-41(31-44(47)46-32-45-43-18-10-11-19-48(43)55(27-12-5-13-28-55)50(45)33-49(46)54)56-29-26-40(30-42(56)35-56)52-34-51(57-53(58-52)39-16-8-4-9-17-39)38-22-20-37(21-23-38)36-14-6-3-7-15-36/h3-4,6-11,14-26,29-34,42,45,50,53,58H,5,12-13,27-28,35H2,1-2H3. The fraction of sp³-hybridized carbons (Fsp3) is 0.268. The molecular weight excluding hydrogens is 701 g/mol. The summed E-state index contributed by atoms with van der Waals surface area (Å²) in [5.74, 6) is 1.51. The van der Waals surface area contributed by atoms with E-state index >= 15 is 0 Å². The molecule has 1 heterocycles. The van der Waals surface area contributed by atoms with E-state index in [1.807, 2.05) is 0 Å². The third-order valence-electron chi connectivity index (χ3n) is 15.4. The van der Waals surface area contributed by atoms with Crippen molar-refractivity contribution in [1.29, 1.82) is 0 Å². The smallest absolute Gasteiger partial charge is 0.145 e. The van der Waals surface area contributed by atoms with Gasteiger partial charge < -0.3 is 5.32 Å². The Labute approximate surface area is 343 Å². The number of nitrogens with zero attached hydrogens (tertiary/aromatic N) is 1. The van der Waals surface area contributed by atoms with Crippen molar-refractivity contribution in [1.82, 2.24) is 5.32 Å². The van der Waals surface area contributed by atoms with Gasteiger partial charge in [0.15, 0.2) is 0 Å². The minimum atomic E-state index is -0.157. The molecule has 2 fully saturated rings. The molecule has 0 aromatic heterocycles. The second-order valence-corrected chi connectivity index (χ2v) is 18.7. The minimum Gasteiger partial charge on any atom is -0.360 e. The van der Waals surface area contributed by atoms with Crippen LogP contribution < -0.4 is 5.32 Å². The van der Waals surface area contributed by atoms with Crippen LogP contribution in [-0.4, -0.2) is 5.71 Å². The highest BCUT2D eigenvalue weighted by Gasteiger charge is 2.56. The fourth-order valence-electron chi connectivity index (χ4n) is 12.2. The largest absolute Gasteiger partial charge is 0.360 e. The first kappa shape index (κ1) is 34.3. The summed E-state index contributed by atoms with van der Waals surface area (Å²) in [6.07, 6.45) is 23.0. The van der Waals surface area contributed by atoms with Crippen molar-refractivity contribution in [2.45, 2.75) is 80.7 Å². The Morgan fingerprint density at radius 2 is 1.40 bits per heavy atom. The van der Waals surface area contributed by atoms with Crippen molar-refractivity contribution in [2.24, 2.45) is 16.8 Å². The van der Waals surface area contributed by atoms with Crippen LogP contribution in [0.2, 0.25) is 0 Å². The minimum absolute atomic E-state index is 0.000935. The summed E-state index contributed by atoms with van der Waals surface area (Å²) in [7, 11) is 0. The van der Waals surface area contributed by atoms with Crippen molar-refractivity contribution >= 4 is 11.3 Å². The molecule has 0 radical (unpaired) electrons. The molecule has 1 spiro atoms. The molecule has 5 aromatic rings. The molecule has 6 aliphatic carbocycles. The molecule has 1 aliphatic heterocycles. The van der Waals surface area contributed by atoms with E-state index in [-0.39, 0.29) is 17.0 Å². The lowest BCUT2D eigenvalue weighted by Gasteiger charge is -2.42. The highest BCUT2D eigenvalue weighted by atomic mass is 15.1. The monoisotopic (exact) mass is 750 g/mol. The SMILES string of the molecule is CC1(C)C2=CC3C(C=C2c2cc(C45C=CC(C6=CC(c7ccc(-c8ccccc8)cc7)=NC(c7ccccc7)N6)=CC4C5)ccc21)c1ccccc1C31CCCCC1. The average molecular weight is 751 g/mol. The first-order valence-corrected chi connectivity index (χ1v) is 21.8. The van der Waals surface area contributed by atoms with E-state index in [9.17, 15) is 0 Å². The van der Waals surface area contributed by atoms with Gasteiger partial charge in [-0.2, -0.15) is 0 Å². The van der Waals surface area contributed by atoms with Crippen LogP contribution in [0.15, 0.2) is 186 Å². The first-order chi connectivity index (χ1) is 28.4. The molecule has 0 amide bonds.